The van der Waals surface area contributed by atoms with Crippen LogP contribution in [0.2, 0.25) is 5.02 Å². The van der Waals surface area contributed by atoms with Gasteiger partial charge >= 0.3 is 0 Å². The van der Waals surface area contributed by atoms with Crippen LogP contribution in [0.5, 0.6) is 0 Å². The second kappa shape index (κ2) is 6.18. The number of imidazole rings is 1. The summed E-state index contributed by atoms with van der Waals surface area (Å²) < 4.78 is 0. The summed E-state index contributed by atoms with van der Waals surface area (Å²) in [5, 5.41) is 0.668. The monoisotopic (exact) mass is 351 g/mol. The molecule has 0 unspecified atom stereocenters. The van der Waals surface area contributed by atoms with Crippen LogP contribution in [0.25, 0.3) is 11.4 Å². The van der Waals surface area contributed by atoms with E-state index in [2.05, 4.69) is 9.97 Å². The SMILES string of the molecule is O=C1c2ccccc2C(=O)N1CCc1cnc(-c2ccc(Cl)cc2)[nH]1. The van der Waals surface area contributed by atoms with Gasteiger partial charge in [0.25, 0.3) is 11.8 Å². The Labute approximate surface area is 149 Å². The van der Waals surface area contributed by atoms with Gasteiger partial charge in [-0.3, -0.25) is 14.5 Å². The van der Waals surface area contributed by atoms with E-state index >= 15 is 0 Å². The van der Waals surface area contributed by atoms with E-state index in [0.717, 1.165) is 17.1 Å². The number of nitrogens with zero attached hydrogens (tertiary/aromatic N) is 2. The van der Waals surface area contributed by atoms with Crippen molar-refractivity contribution < 1.29 is 9.59 Å². The lowest BCUT2D eigenvalue weighted by Crippen LogP contribution is -2.31. The maximum Gasteiger partial charge on any atom is 0.261 e. The topological polar surface area (TPSA) is 66.1 Å². The minimum absolute atomic E-state index is 0.238. The lowest BCUT2D eigenvalue weighted by atomic mass is 10.1. The molecule has 1 N–H and O–H groups in total. The van der Waals surface area contributed by atoms with Crippen LogP contribution < -0.4 is 0 Å². The Bertz CT molecular complexity index is 928. The standard InChI is InChI=1S/C19H14ClN3O2/c20-13-7-5-12(6-8-13)17-21-11-14(22-17)9-10-23-18(24)15-3-1-2-4-16(15)19(23)25/h1-8,11H,9-10H2,(H,21,22). The number of H-pyrrole nitrogens is 1. The van der Waals surface area contributed by atoms with Crippen LogP contribution in [0.4, 0.5) is 0 Å². The van der Waals surface area contributed by atoms with E-state index in [1.54, 1.807) is 42.6 Å². The van der Waals surface area contributed by atoms with Gasteiger partial charge in [0.15, 0.2) is 0 Å². The number of amides is 2. The van der Waals surface area contributed by atoms with Gasteiger partial charge in [0, 0.05) is 35.4 Å². The quantitative estimate of drug-likeness (QED) is 0.731. The number of aromatic nitrogens is 2. The van der Waals surface area contributed by atoms with Gasteiger partial charge in [0.2, 0.25) is 0 Å². The first kappa shape index (κ1) is 15.6. The number of carbonyl (C=O) groups excluding carboxylic acids is 2. The van der Waals surface area contributed by atoms with Gasteiger partial charge < -0.3 is 4.98 Å². The summed E-state index contributed by atoms with van der Waals surface area (Å²) in [7, 11) is 0. The molecule has 3 aromatic rings. The predicted molar refractivity (Wildman–Crippen MR) is 94.5 cm³/mol. The zero-order valence-electron chi connectivity index (χ0n) is 13.2. The molecule has 1 aromatic heterocycles. The van der Waals surface area contributed by atoms with Gasteiger partial charge in [0.05, 0.1) is 11.1 Å². The van der Waals surface area contributed by atoms with Crippen molar-refractivity contribution in [1.29, 1.82) is 0 Å². The Morgan fingerprint density at radius 1 is 0.960 bits per heavy atom. The second-order valence-electron chi connectivity index (χ2n) is 5.82. The molecule has 25 heavy (non-hydrogen) atoms. The Kier molecular flexibility index (Phi) is 3.86. The fraction of sp³-hybridized carbons (Fsp3) is 0.105. The van der Waals surface area contributed by atoms with Crippen molar-refractivity contribution in [2.24, 2.45) is 0 Å². The normalized spacial score (nSPS) is 13.4. The maximum absolute atomic E-state index is 12.4. The average Bonchev–Trinajstić information content (AvgIpc) is 3.19. The van der Waals surface area contributed by atoms with E-state index in [1.165, 1.54) is 4.90 Å². The van der Waals surface area contributed by atoms with Gasteiger partial charge in [-0.2, -0.15) is 0 Å². The Balaban J connectivity index is 1.47. The smallest absolute Gasteiger partial charge is 0.261 e. The number of aromatic amines is 1. The van der Waals surface area contributed by atoms with E-state index in [9.17, 15) is 9.59 Å². The van der Waals surface area contributed by atoms with Gasteiger partial charge in [-0.1, -0.05) is 23.7 Å². The fourth-order valence-corrected chi connectivity index (χ4v) is 3.04. The van der Waals surface area contributed by atoms with E-state index in [1.807, 2.05) is 12.1 Å². The molecule has 0 saturated heterocycles. The molecule has 0 bridgehead atoms. The van der Waals surface area contributed by atoms with Crippen molar-refractivity contribution in [2.45, 2.75) is 6.42 Å². The van der Waals surface area contributed by atoms with Gasteiger partial charge in [-0.25, -0.2) is 4.98 Å². The van der Waals surface area contributed by atoms with Crippen molar-refractivity contribution in [3.8, 4) is 11.4 Å². The first-order chi connectivity index (χ1) is 12.1. The number of nitrogens with one attached hydrogen (secondary N) is 1. The van der Waals surface area contributed by atoms with Crippen molar-refractivity contribution in [2.75, 3.05) is 6.54 Å². The Morgan fingerprint density at radius 2 is 1.60 bits per heavy atom. The summed E-state index contributed by atoms with van der Waals surface area (Å²) in [6.45, 7) is 0.314. The zero-order valence-corrected chi connectivity index (χ0v) is 14.0. The third-order valence-electron chi connectivity index (χ3n) is 4.23. The summed E-state index contributed by atoms with van der Waals surface area (Å²) in [6, 6.07) is 14.3. The van der Waals surface area contributed by atoms with Crippen LogP contribution in [0.15, 0.2) is 54.7 Å². The molecule has 0 saturated carbocycles. The van der Waals surface area contributed by atoms with Crippen LogP contribution in [0.1, 0.15) is 26.4 Å². The highest BCUT2D eigenvalue weighted by Crippen LogP contribution is 2.23. The third-order valence-corrected chi connectivity index (χ3v) is 4.48. The highest BCUT2D eigenvalue weighted by atomic mass is 35.5. The number of hydrogen-bond acceptors (Lipinski definition) is 3. The molecule has 5 nitrogen and oxygen atoms in total. The molecule has 2 aromatic carbocycles. The molecule has 2 heterocycles. The molecule has 0 radical (unpaired) electrons. The average molecular weight is 352 g/mol. The number of hydrogen-bond donors (Lipinski definition) is 1. The van der Waals surface area contributed by atoms with Crippen LogP contribution in [-0.4, -0.2) is 33.2 Å². The van der Waals surface area contributed by atoms with E-state index in [-0.39, 0.29) is 11.8 Å². The largest absolute Gasteiger partial charge is 0.342 e. The van der Waals surface area contributed by atoms with E-state index in [4.69, 9.17) is 11.6 Å². The molecule has 1 aliphatic heterocycles. The lowest BCUT2D eigenvalue weighted by molar-refractivity contribution is 0.0656. The summed E-state index contributed by atoms with van der Waals surface area (Å²) in [6.07, 6.45) is 2.24. The molecular weight excluding hydrogens is 338 g/mol. The van der Waals surface area contributed by atoms with Gasteiger partial charge in [0.1, 0.15) is 5.82 Å². The van der Waals surface area contributed by atoms with E-state index < -0.39 is 0 Å². The molecule has 6 heteroatoms. The molecule has 124 valence electrons. The molecular formula is C19H14ClN3O2. The first-order valence-electron chi connectivity index (χ1n) is 7.88. The number of halogens is 1. The van der Waals surface area contributed by atoms with Crippen LogP contribution in [0.3, 0.4) is 0 Å². The first-order valence-corrected chi connectivity index (χ1v) is 8.26. The predicted octanol–water partition coefficient (Wildman–Crippen LogP) is 3.57. The number of benzene rings is 2. The highest BCUT2D eigenvalue weighted by Gasteiger charge is 2.34. The molecule has 0 aliphatic carbocycles. The minimum Gasteiger partial charge on any atom is -0.342 e. The number of fused-ring (bicyclic) bond motifs is 1. The summed E-state index contributed by atoms with van der Waals surface area (Å²) in [5.74, 6) is 0.255. The van der Waals surface area contributed by atoms with Crippen molar-refractivity contribution in [3.05, 3.63) is 76.6 Å². The minimum atomic E-state index is -0.238. The van der Waals surface area contributed by atoms with Gasteiger partial charge in [-0.05, 0) is 36.4 Å². The number of rotatable bonds is 4. The van der Waals surface area contributed by atoms with Crippen LogP contribution >= 0.6 is 11.6 Å². The van der Waals surface area contributed by atoms with Crippen molar-refractivity contribution in [3.63, 3.8) is 0 Å². The number of carbonyl (C=O) groups is 2. The lowest BCUT2D eigenvalue weighted by Gasteiger charge is -2.12. The van der Waals surface area contributed by atoms with Crippen LogP contribution in [0, 0.1) is 0 Å². The number of imide groups is 1. The molecule has 0 atom stereocenters. The second-order valence-corrected chi connectivity index (χ2v) is 6.26. The van der Waals surface area contributed by atoms with Crippen molar-refractivity contribution in [1.82, 2.24) is 14.9 Å². The fourth-order valence-electron chi connectivity index (χ4n) is 2.92. The molecule has 1 aliphatic rings. The summed E-state index contributed by atoms with van der Waals surface area (Å²) in [4.78, 5) is 33.6. The zero-order chi connectivity index (χ0) is 17.4. The Hall–Kier alpha value is -2.92. The highest BCUT2D eigenvalue weighted by molar-refractivity contribution is 6.30. The molecule has 2 amide bonds. The molecule has 4 rings (SSSR count). The summed E-state index contributed by atoms with van der Waals surface area (Å²) in [5.41, 5.74) is 2.73. The third kappa shape index (κ3) is 2.83. The van der Waals surface area contributed by atoms with Crippen LogP contribution in [-0.2, 0) is 6.42 Å². The summed E-state index contributed by atoms with van der Waals surface area (Å²) >= 11 is 5.89. The van der Waals surface area contributed by atoms with E-state index in [0.29, 0.717) is 29.1 Å². The molecule has 0 spiro atoms. The van der Waals surface area contributed by atoms with Gasteiger partial charge in [-0.15, -0.1) is 0 Å². The maximum atomic E-state index is 12.4. The Morgan fingerprint density at radius 3 is 2.24 bits per heavy atom. The van der Waals surface area contributed by atoms with Crippen molar-refractivity contribution >= 4 is 23.4 Å². The molecule has 0 fully saturated rings.